The van der Waals surface area contributed by atoms with Crippen LogP contribution in [0.1, 0.15) is 18.9 Å². The van der Waals surface area contributed by atoms with E-state index in [1.165, 1.54) is 0 Å². The number of para-hydroxylation sites is 1. The van der Waals surface area contributed by atoms with Crippen LogP contribution in [0.3, 0.4) is 0 Å². The van der Waals surface area contributed by atoms with Gasteiger partial charge in [-0.1, -0.05) is 25.1 Å². The van der Waals surface area contributed by atoms with Gasteiger partial charge in [0.05, 0.1) is 0 Å². The number of phenolic OH excluding ortho intramolecular Hbond substituents is 1. The van der Waals surface area contributed by atoms with Crippen LogP contribution in [0.15, 0.2) is 24.3 Å². The quantitative estimate of drug-likeness (QED) is 0.822. The second-order valence-corrected chi connectivity index (χ2v) is 4.29. The van der Waals surface area contributed by atoms with Crippen molar-refractivity contribution < 1.29 is 5.11 Å². The van der Waals surface area contributed by atoms with Gasteiger partial charge in [-0.15, -0.1) is 12.4 Å². The van der Waals surface area contributed by atoms with Gasteiger partial charge in [-0.3, -0.25) is 0 Å². The molecule has 0 spiro atoms. The zero-order valence-corrected chi connectivity index (χ0v) is 11.6. The molecule has 1 aromatic rings. The predicted molar refractivity (Wildman–Crippen MR) is 74.8 cm³/mol. The molecule has 0 radical (unpaired) electrons. The lowest BCUT2D eigenvalue weighted by atomic mass is 10.2. The molecule has 1 rings (SSSR count). The molecular weight excluding hydrogens is 236 g/mol. The molecular formula is C13H23ClN2O. The van der Waals surface area contributed by atoms with Crippen molar-refractivity contribution in [2.45, 2.75) is 25.9 Å². The minimum Gasteiger partial charge on any atom is -0.508 e. The van der Waals surface area contributed by atoms with Gasteiger partial charge in [-0.2, -0.15) is 0 Å². The summed E-state index contributed by atoms with van der Waals surface area (Å²) in [7, 11) is 4.19. The molecule has 0 aliphatic heterocycles. The Morgan fingerprint density at radius 2 is 1.94 bits per heavy atom. The third kappa shape index (κ3) is 5.39. The molecule has 0 aliphatic rings. The minimum atomic E-state index is 0. The average molecular weight is 259 g/mol. The van der Waals surface area contributed by atoms with Gasteiger partial charge >= 0.3 is 0 Å². The molecule has 0 heterocycles. The molecule has 0 aromatic heterocycles. The van der Waals surface area contributed by atoms with Gasteiger partial charge in [-0.05, 0) is 26.6 Å². The summed E-state index contributed by atoms with van der Waals surface area (Å²) >= 11 is 0. The number of benzene rings is 1. The van der Waals surface area contributed by atoms with E-state index in [-0.39, 0.29) is 12.4 Å². The number of hydrogen-bond donors (Lipinski definition) is 2. The van der Waals surface area contributed by atoms with Crippen LogP contribution in [0.2, 0.25) is 0 Å². The van der Waals surface area contributed by atoms with Crippen molar-refractivity contribution in [3.63, 3.8) is 0 Å². The van der Waals surface area contributed by atoms with Crippen molar-refractivity contribution in [3.05, 3.63) is 29.8 Å². The van der Waals surface area contributed by atoms with E-state index in [2.05, 4.69) is 31.2 Å². The lowest BCUT2D eigenvalue weighted by Crippen LogP contribution is -2.37. The Kier molecular flexibility index (Phi) is 7.96. The zero-order chi connectivity index (χ0) is 12.0. The molecule has 0 amide bonds. The van der Waals surface area contributed by atoms with E-state index in [9.17, 15) is 5.11 Å². The summed E-state index contributed by atoms with van der Waals surface area (Å²) in [4.78, 5) is 2.22. The van der Waals surface area contributed by atoms with Gasteiger partial charge in [0, 0.05) is 24.7 Å². The van der Waals surface area contributed by atoms with Crippen molar-refractivity contribution in [1.82, 2.24) is 10.2 Å². The van der Waals surface area contributed by atoms with Crippen LogP contribution in [0.4, 0.5) is 0 Å². The Balaban J connectivity index is 0.00000256. The average Bonchev–Trinajstić information content (AvgIpc) is 2.26. The van der Waals surface area contributed by atoms with Crippen LogP contribution in [-0.4, -0.2) is 36.7 Å². The molecule has 17 heavy (non-hydrogen) atoms. The van der Waals surface area contributed by atoms with E-state index in [1.54, 1.807) is 6.07 Å². The molecule has 0 saturated heterocycles. The molecule has 1 atom stereocenters. The molecule has 2 N–H and O–H groups in total. The second-order valence-electron chi connectivity index (χ2n) is 4.29. The molecule has 0 fully saturated rings. The van der Waals surface area contributed by atoms with E-state index < -0.39 is 0 Å². The smallest absolute Gasteiger partial charge is 0.120 e. The van der Waals surface area contributed by atoms with Gasteiger partial charge < -0.3 is 15.3 Å². The highest BCUT2D eigenvalue weighted by Crippen LogP contribution is 2.14. The van der Waals surface area contributed by atoms with Crippen LogP contribution >= 0.6 is 12.4 Å². The maximum Gasteiger partial charge on any atom is 0.120 e. The normalized spacial score (nSPS) is 12.2. The SMILES string of the molecule is CCC(CNCc1ccccc1O)N(C)C.Cl. The summed E-state index contributed by atoms with van der Waals surface area (Å²) in [5.41, 5.74) is 0.955. The van der Waals surface area contributed by atoms with Gasteiger partial charge in [-0.25, -0.2) is 0 Å². The Morgan fingerprint density at radius 3 is 2.47 bits per heavy atom. The monoisotopic (exact) mass is 258 g/mol. The number of nitrogens with zero attached hydrogens (tertiary/aromatic N) is 1. The number of likely N-dealkylation sites (N-methyl/N-ethyl adjacent to an activating group) is 1. The fourth-order valence-electron chi connectivity index (χ4n) is 1.73. The molecule has 3 nitrogen and oxygen atoms in total. The number of nitrogens with one attached hydrogen (secondary N) is 1. The van der Waals surface area contributed by atoms with Crippen LogP contribution in [0.25, 0.3) is 0 Å². The summed E-state index contributed by atoms with van der Waals surface area (Å²) in [6.45, 7) is 3.85. The van der Waals surface area contributed by atoms with Crippen molar-refractivity contribution in [3.8, 4) is 5.75 Å². The van der Waals surface area contributed by atoms with Crippen LogP contribution in [0, 0.1) is 0 Å². The van der Waals surface area contributed by atoms with Gasteiger partial charge in [0.15, 0.2) is 0 Å². The molecule has 98 valence electrons. The van der Waals surface area contributed by atoms with E-state index in [1.807, 2.05) is 18.2 Å². The van der Waals surface area contributed by atoms with Crippen LogP contribution in [-0.2, 0) is 6.54 Å². The van der Waals surface area contributed by atoms with Crippen molar-refractivity contribution in [1.29, 1.82) is 0 Å². The first-order valence-corrected chi connectivity index (χ1v) is 5.79. The molecule has 1 aromatic carbocycles. The predicted octanol–water partition coefficient (Wildman–Crippen LogP) is 2.24. The third-order valence-electron chi connectivity index (χ3n) is 2.89. The Morgan fingerprint density at radius 1 is 1.29 bits per heavy atom. The Labute approximate surface area is 110 Å². The first-order chi connectivity index (χ1) is 7.65. The summed E-state index contributed by atoms with van der Waals surface area (Å²) in [6, 6.07) is 8.00. The largest absolute Gasteiger partial charge is 0.508 e. The maximum absolute atomic E-state index is 9.59. The van der Waals surface area contributed by atoms with E-state index in [4.69, 9.17) is 0 Å². The number of rotatable bonds is 6. The molecule has 0 bridgehead atoms. The third-order valence-corrected chi connectivity index (χ3v) is 2.89. The molecule has 1 unspecified atom stereocenters. The highest BCUT2D eigenvalue weighted by Gasteiger charge is 2.08. The highest BCUT2D eigenvalue weighted by atomic mass is 35.5. The first-order valence-electron chi connectivity index (χ1n) is 5.79. The van der Waals surface area contributed by atoms with Gasteiger partial charge in [0.25, 0.3) is 0 Å². The second kappa shape index (κ2) is 8.34. The molecule has 4 heteroatoms. The van der Waals surface area contributed by atoms with Crippen molar-refractivity contribution >= 4 is 12.4 Å². The lowest BCUT2D eigenvalue weighted by Gasteiger charge is -2.23. The van der Waals surface area contributed by atoms with Crippen LogP contribution in [0.5, 0.6) is 5.75 Å². The topological polar surface area (TPSA) is 35.5 Å². The van der Waals surface area contributed by atoms with E-state index in [0.717, 1.165) is 25.1 Å². The lowest BCUT2D eigenvalue weighted by molar-refractivity contribution is 0.275. The minimum absolute atomic E-state index is 0. The highest BCUT2D eigenvalue weighted by molar-refractivity contribution is 5.85. The Hall–Kier alpha value is -0.770. The summed E-state index contributed by atoms with van der Waals surface area (Å²) in [5.74, 6) is 0.368. The number of hydrogen-bond acceptors (Lipinski definition) is 3. The number of phenols is 1. The van der Waals surface area contributed by atoms with Crippen molar-refractivity contribution in [2.24, 2.45) is 0 Å². The summed E-state index contributed by atoms with van der Waals surface area (Å²) in [5, 5.41) is 13.0. The van der Waals surface area contributed by atoms with Gasteiger partial charge in [0.2, 0.25) is 0 Å². The van der Waals surface area contributed by atoms with Crippen molar-refractivity contribution in [2.75, 3.05) is 20.6 Å². The summed E-state index contributed by atoms with van der Waals surface area (Å²) < 4.78 is 0. The van der Waals surface area contributed by atoms with Crippen LogP contribution < -0.4 is 5.32 Å². The fourth-order valence-corrected chi connectivity index (χ4v) is 1.73. The standard InChI is InChI=1S/C13H22N2O.ClH/c1-4-12(15(2)3)10-14-9-11-7-5-6-8-13(11)16;/h5-8,12,14,16H,4,9-10H2,1-3H3;1H. The Bertz CT molecular complexity index is 318. The zero-order valence-electron chi connectivity index (χ0n) is 10.8. The number of aromatic hydroxyl groups is 1. The van der Waals surface area contributed by atoms with E-state index in [0.29, 0.717) is 11.8 Å². The maximum atomic E-state index is 9.59. The molecule has 0 aliphatic carbocycles. The summed E-state index contributed by atoms with van der Waals surface area (Å²) in [6.07, 6.45) is 1.13. The van der Waals surface area contributed by atoms with Gasteiger partial charge in [0.1, 0.15) is 5.75 Å². The van der Waals surface area contributed by atoms with E-state index >= 15 is 0 Å². The first kappa shape index (κ1) is 16.2. The fraction of sp³-hybridized carbons (Fsp3) is 0.538. The molecule has 0 saturated carbocycles. The number of halogens is 1.